The lowest BCUT2D eigenvalue weighted by Gasteiger charge is -2.37. The van der Waals surface area contributed by atoms with Crippen LogP contribution in [0.3, 0.4) is 0 Å². The van der Waals surface area contributed by atoms with Gasteiger partial charge in [-0.05, 0) is 45.3 Å². The second-order valence-corrected chi connectivity index (χ2v) is 6.11. The summed E-state index contributed by atoms with van der Waals surface area (Å²) >= 11 is 0. The first-order valence-corrected chi connectivity index (χ1v) is 8.80. The van der Waals surface area contributed by atoms with Crippen LogP contribution in [0.15, 0.2) is 0 Å². The number of hydrogen-bond acceptors (Lipinski definition) is 2. The molecule has 19 heavy (non-hydrogen) atoms. The highest BCUT2D eigenvalue weighted by Crippen LogP contribution is 2.23. The summed E-state index contributed by atoms with van der Waals surface area (Å²) in [5.74, 6) is 0. The van der Waals surface area contributed by atoms with Gasteiger partial charge in [-0.15, -0.1) is 0 Å². The molecule has 1 rings (SSSR count). The number of unbranched alkanes of at least 4 members (excludes halogenated alkanes) is 2. The van der Waals surface area contributed by atoms with E-state index in [9.17, 15) is 0 Å². The fourth-order valence-corrected chi connectivity index (χ4v) is 3.39. The van der Waals surface area contributed by atoms with Gasteiger partial charge in [0, 0.05) is 12.1 Å². The molecule has 1 aliphatic carbocycles. The SMILES string of the molecule is CCCCN(CCCC)C1CCCCCC1NCC. The van der Waals surface area contributed by atoms with Crippen molar-refractivity contribution in [3.05, 3.63) is 0 Å². The van der Waals surface area contributed by atoms with Crippen LogP contribution in [-0.2, 0) is 0 Å². The van der Waals surface area contributed by atoms with Gasteiger partial charge in [0.25, 0.3) is 0 Å². The van der Waals surface area contributed by atoms with Gasteiger partial charge in [-0.2, -0.15) is 0 Å². The van der Waals surface area contributed by atoms with Crippen molar-refractivity contribution >= 4 is 0 Å². The third-order valence-corrected chi connectivity index (χ3v) is 4.51. The van der Waals surface area contributed by atoms with Crippen LogP contribution in [0.4, 0.5) is 0 Å². The summed E-state index contributed by atoms with van der Waals surface area (Å²) in [5.41, 5.74) is 0. The molecule has 2 atom stereocenters. The Bertz CT molecular complexity index is 197. The second-order valence-electron chi connectivity index (χ2n) is 6.11. The molecule has 1 N–H and O–H groups in total. The predicted octanol–water partition coefficient (Wildman–Crippen LogP) is 4.20. The molecule has 1 fully saturated rings. The normalized spacial score (nSPS) is 24.6. The zero-order valence-corrected chi connectivity index (χ0v) is 13.6. The zero-order chi connectivity index (χ0) is 13.9. The minimum absolute atomic E-state index is 0.737. The molecule has 2 nitrogen and oxygen atoms in total. The lowest BCUT2D eigenvalue weighted by atomic mass is 10.00. The van der Waals surface area contributed by atoms with Crippen LogP contribution in [0.5, 0.6) is 0 Å². The van der Waals surface area contributed by atoms with Crippen LogP contribution < -0.4 is 5.32 Å². The van der Waals surface area contributed by atoms with Crippen LogP contribution in [0.1, 0.15) is 78.6 Å². The van der Waals surface area contributed by atoms with E-state index in [1.165, 1.54) is 70.9 Å². The van der Waals surface area contributed by atoms with Crippen LogP contribution in [-0.4, -0.2) is 36.6 Å². The maximum Gasteiger partial charge on any atom is 0.0249 e. The Kier molecular flexibility index (Phi) is 9.54. The van der Waals surface area contributed by atoms with E-state index in [2.05, 4.69) is 31.0 Å². The average molecular weight is 268 g/mol. The maximum absolute atomic E-state index is 3.77. The monoisotopic (exact) mass is 268 g/mol. The molecule has 0 saturated heterocycles. The lowest BCUT2D eigenvalue weighted by Crippen LogP contribution is -2.50. The summed E-state index contributed by atoms with van der Waals surface area (Å²) in [6, 6.07) is 1.53. The average Bonchev–Trinajstić information content (AvgIpc) is 2.65. The van der Waals surface area contributed by atoms with Gasteiger partial charge in [0.2, 0.25) is 0 Å². The highest BCUT2D eigenvalue weighted by Gasteiger charge is 2.27. The fraction of sp³-hybridized carbons (Fsp3) is 1.00. The fourth-order valence-electron chi connectivity index (χ4n) is 3.39. The van der Waals surface area contributed by atoms with Crippen molar-refractivity contribution < 1.29 is 0 Å². The van der Waals surface area contributed by atoms with E-state index < -0.39 is 0 Å². The second kappa shape index (κ2) is 10.7. The largest absolute Gasteiger partial charge is 0.313 e. The van der Waals surface area contributed by atoms with E-state index in [-0.39, 0.29) is 0 Å². The molecule has 0 aromatic heterocycles. The van der Waals surface area contributed by atoms with Crippen LogP contribution in [0.25, 0.3) is 0 Å². The van der Waals surface area contributed by atoms with Crippen molar-refractivity contribution in [1.29, 1.82) is 0 Å². The molecule has 0 spiro atoms. The van der Waals surface area contributed by atoms with Gasteiger partial charge >= 0.3 is 0 Å². The Morgan fingerprint density at radius 1 is 0.895 bits per heavy atom. The number of hydrogen-bond donors (Lipinski definition) is 1. The molecule has 0 bridgehead atoms. The molecule has 0 aromatic carbocycles. The molecule has 0 radical (unpaired) electrons. The third kappa shape index (κ3) is 6.27. The van der Waals surface area contributed by atoms with E-state index >= 15 is 0 Å². The van der Waals surface area contributed by atoms with Crippen molar-refractivity contribution in [2.24, 2.45) is 0 Å². The van der Waals surface area contributed by atoms with E-state index in [1.807, 2.05) is 0 Å². The number of nitrogens with one attached hydrogen (secondary N) is 1. The Labute approximate surface area is 121 Å². The lowest BCUT2D eigenvalue weighted by molar-refractivity contribution is 0.144. The first-order chi connectivity index (χ1) is 9.33. The molecular formula is C17H36N2. The summed E-state index contributed by atoms with van der Waals surface area (Å²) in [6.45, 7) is 10.6. The van der Waals surface area contributed by atoms with Crippen molar-refractivity contribution in [2.75, 3.05) is 19.6 Å². The first-order valence-electron chi connectivity index (χ1n) is 8.80. The Morgan fingerprint density at radius 2 is 1.53 bits per heavy atom. The first kappa shape index (κ1) is 17.0. The maximum atomic E-state index is 3.77. The van der Waals surface area contributed by atoms with Gasteiger partial charge in [-0.1, -0.05) is 52.9 Å². The minimum Gasteiger partial charge on any atom is -0.313 e. The summed E-state index contributed by atoms with van der Waals surface area (Å²) < 4.78 is 0. The standard InChI is InChI=1S/C17H36N2/c1-4-7-14-19(15-8-5-2)17-13-11-9-10-12-16(17)18-6-3/h16-18H,4-15H2,1-3H3. The van der Waals surface area contributed by atoms with E-state index in [1.54, 1.807) is 0 Å². The van der Waals surface area contributed by atoms with Crippen molar-refractivity contribution in [2.45, 2.75) is 90.6 Å². The number of likely N-dealkylation sites (N-methyl/N-ethyl adjacent to an activating group) is 1. The van der Waals surface area contributed by atoms with Gasteiger partial charge < -0.3 is 5.32 Å². The molecule has 2 unspecified atom stereocenters. The van der Waals surface area contributed by atoms with E-state index in [4.69, 9.17) is 0 Å². The highest BCUT2D eigenvalue weighted by atomic mass is 15.2. The van der Waals surface area contributed by atoms with Crippen LogP contribution >= 0.6 is 0 Å². The number of rotatable bonds is 9. The molecule has 1 aliphatic rings. The molecule has 0 heterocycles. The Morgan fingerprint density at radius 3 is 2.11 bits per heavy atom. The molecular weight excluding hydrogens is 232 g/mol. The molecule has 1 saturated carbocycles. The molecule has 2 heteroatoms. The van der Waals surface area contributed by atoms with Crippen molar-refractivity contribution in [3.8, 4) is 0 Å². The summed E-state index contributed by atoms with van der Waals surface area (Å²) in [4.78, 5) is 2.81. The van der Waals surface area contributed by atoms with Gasteiger partial charge in [-0.3, -0.25) is 4.90 Å². The van der Waals surface area contributed by atoms with Crippen molar-refractivity contribution in [1.82, 2.24) is 10.2 Å². The molecule has 0 aromatic rings. The minimum atomic E-state index is 0.737. The molecule has 0 amide bonds. The van der Waals surface area contributed by atoms with Gasteiger partial charge in [0.1, 0.15) is 0 Å². The van der Waals surface area contributed by atoms with Crippen molar-refractivity contribution in [3.63, 3.8) is 0 Å². The number of nitrogens with zero attached hydrogens (tertiary/aromatic N) is 1. The zero-order valence-electron chi connectivity index (χ0n) is 13.6. The highest BCUT2D eigenvalue weighted by molar-refractivity contribution is 4.86. The summed E-state index contributed by atoms with van der Waals surface area (Å²) in [7, 11) is 0. The molecule has 0 aliphatic heterocycles. The Balaban J connectivity index is 2.62. The molecule has 114 valence electrons. The van der Waals surface area contributed by atoms with Crippen LogP contribution in [0.2, 0.25) is 0 Å². The summed E-state index contributed by atoms with van der Waals surface area (Å²) in [5, 5.41) is 3.77. The quantitative estimate of drug-likeness (QED) is 0.631. The Hall–Kier alpha value is -0.0800. The predicted molar refractivity (Wildman–Crippen MR) is 85.7 cm³/mol. The topological polar surface area (TPSA) is 15.3 Å². The van der Waals surface area contributed by atoms with Gasteiger partial charge in [0.15, 0.2) is 0 Å². The van der Waals surface area contributed by atoms with E-state index in [0.717, 1.165) is 18.6 Å². The smallest absolute Gasteiger partial charge is 0.0249 e. The van der Waals surface area contributed by atoms with Crippen LogP contribution in [0, 0.1) is 0 Å². The van der Waals surface area contributed by atoms with Gasteiger partial charge in [0.05, 0.1) is 0 Å². The summed E-state index contributed by atoms with van der Waals surface area (Å²) in [6.07, 6.45) is 12.4. The van der Waals surface area contributed by atoms with E-state index in [0.29, 0.717) is 0 Å². The third-order valence-electron chi connectivity index (χ3n) is 4.51. The van der Waals surface area contributed by atoms with Gasteiger partial charge in [-0.25, -0.2) is 0 Å².